The molecule has 3 aromatic rings. The molecule has 0 aliphatic rings. The quantitative estimate of drug-likeness (QED) is 0.760. The molecule has 0 bridgehead atoms. The van der Waals surface area contributed by atoms with Crippen molar-refractivity contribution in [1.82, 2.24) is 24.9 Å². The van der Waals surface area contributed by atoms with Crippen molar-refractivity contribution in [3.8, 4) is 5.69 Å². The van der Waals surface area contributed by atoms with E-state index in [-0.39, 0.29) is 0 Å². The smallest absolute Gasteiger partial charge is 0.0645 e. The number of nitrogens with zero attached hydrogens (tertiary/aromatic N) is 4. The van der Waals surface area contributed by atoms with Gasteiger partial charge >= 0.3 is 0 Å². The normalized spacial score (nSPS) is 12.5. The van der Waals surface area contributed by atoms with Gasteiger partial charge in [0.05, 0.1) is 24.6 Å². The maximum absolute atomic E-state index is 4.41. The Balaban J connectivity index is 1.54. The van der Waals surface area contributed by atoms with Gasteiger partial charge in [-0.1, -0.05) is 18.2 Å². The van der Waals surface area contributed by atoms with E-state index < -0.39 is 0 Å². The molecule has 0 saturated heterocycles. The number of hydrogen-bond donors (Lipinski definition) is 1. The fourth-order valence-corrected chi connectivity index (χ4v) is 2.38. The van der Waals surface area contributed by atoms with Crippen LogP contribution in [0.1, 0.15) is 18.1 Å². The third-order valence-corrected chi connectivity index (χ3v) is 3.53. The van der Waals surface area contributed by atoms with Crippen LogP contribution in [-0.4, -0.2) is 25.6 Å². The number of aromatic nitrogens is 4. The highest BCUT2D eigenvalue weighted by molar-refractivity contribution is 5.30. The van der Waals surface area contributed by atoms with Crippen molar-refractivity contribution in [2.45, 2.75) is 33.0 Å². The minimum absolute atomic E-state index is 0.347. The molecule has 0 aliphatic heterocycles. The Labute approximate surface area is 130 Å². The Kier molecular flexibility index (Phi) is 4.34. The lowest BCUT2D eigenvalue weighted by molar-refractivity contribution is 0.450. The van der Waals surface area contributed by atoms with E-state index in [0.29, 0.717) is 6.04 Å². The largest absolute Gasteiger partial charge is 0.308 e. The molecular formula is C17H21N5. The monoisotopic (exact) mass is 295 g/mol. The molecule has 1 aromatic carbocycles. The molecular weight excluding hydrogens is 274 g/mol. The fourth-order valence-electron chi connectivity index (χ4n) is 2.38. The van der Waals surface area contributed by atoms with Crippen LogP contribution in [0.5, 0.6) is 0 Å². The molecule has 0 aliphatic carbocycles. The number of rotatable bonds is 6. The second-order valence-electron chi connectivity index (χ2n) is 5.65. The van der Waals surface area contributed by atoms with Crippen molar-refractivity contribution >= 4 is 0 Å². The predicted molar refractivity (Wildman–Crippen MR) is 86.8 cm³/mol. The molecule has 0 fully saturated rings. The maximum atomic E-state index is 4.41. The van der Waals surface area contributed by atoms with Crippen LogP contribution in [-0.2, 0) is 13.1 Å². The number of aryl methyl sites for hydroxylation is 1. The van der Waals surface area contributed by atoms with Crippen molar-refractivity contribution in [1.29, 1.82) is 0 Å². The highest BCUT2D eigenvalue weighted by Crippen LogP contribution is 2.07. The molecule has 2 heterocycles. The molecule has 0 spiro atoms. The maximum Gasteiger partial charge on any atom is 0.0645 e. The average Bonchev–Trinajstić information content (AvgIpc) is 3.15. The molecule has 5 heteroatoms. The van der Waals surface area contributed by atoms with Gasteiger partial charge < -0.3 is 5.32 Å². The summed E-state index contributed by atoms with van der Waals surface area (Å²) in [6.45, 7) is 5.88. The topological polar surface area (TPSA) is 47.7 Å². The van der Waals surface area contributed by atoms with E-state index >= 15 is 0 Å². The SMILES string of the molecule is Cc1cnn(C[C@@H](C)NCc2cnn(-c3ccccc3)c2)c1. The summed E-state index contributed by atoms with van der Waals surface area (Å²) in [6.07, 6.45) is 7.92. The number of hydrogen-bond acceptors (Lipinski definition) is 3. The Morgan fingerprint density at radius 1 is 1.09 bits per heavy atom. The first-order valence-corrected chi connectivity index (χ1v) is 7.52. The summed E-state index contributed by atoms with van der Waals surface area (Å²) in [5.74, 6) is 0. The minimum atomic E-state index is 0.347. The van der Waals surface area contributed by atoms with Gasteiger partial charge in [0.1, 0.15) is 0 Å². The predicted octanol–water partition coefficient (Wildman–Crippen LogP) is 2.56. The van der Waals surface area contributed by atoms with Gasteiger partial charge in [-0.2, -0.15) is 10.2 Å². The summed E-state index contributed by atoms with van der Waals surface area (Å²) in [4.78, 5) is 0. The molecule has 2 aromatic heterocycles. The molecule has 114 valence electrons. The van der Waals surface area contributed by atoms with Crippen molar-refractivity contribution in [3.05, 3.63) is 66.2 Å². The van der Waals surface area contributed by atoms with Crippen LogP contribution in [0.4, 0.5) is 0 Å². The van der Waals surface area contributed by atoms with E-state index in [1.807, 2.05) is 52.1 Å². The fraction of sp³-hybridized carbons (Fsp3) is 0.294. The lowest BCUT2D eigenvalue weighted by Crippen LogP contribution is -2.30. The van der Waals surface area contributed by atoms with Gasteiger partial charge in [-0.25, -0.2) is 4.68 Å². The molecule has 5 nitrogen and oxygen atoms in total. The average molecular weight is 295 g/mol. The molecule has 1 N–H and O–H groups in total. The van der Waals surface area contributed by atoms with E-state index in [0.717, 1.165) is 18.8 Å². The zero-order chi connectivity index (χ0) is 15.4. The summed E-state index contributed by atoms with van der Waals surface area (Å²) in [7, 11) is 0. The summed E-state index contributed by atoms with van der Waals surface area (Å²) < 4.78 is 3.87. The van der Waals surface area contributed by atoms with Gasteiger partial charge in [-0.3, -0.25) is 4.68 Å². The Morgan fingerprint density at radius 3 is 2.64 bits per heavy atom. The molecule has 0 saturated carbocycles. The standard InChI is InChI=1S/C17H21N5/c1-14-8-19-21(11-14)12-15(2)18-9-16-10-20-22(13-16)17-6-4-3-5-7-17/h3-8,10-11,13,15,18H,9,12H2,1-2H3/t15-/m1/s1. The van der Waals surface area contributed by atoms with Crippen molar-refractivity contribution < 1.29 is 0 Å². The minimum Gasteiger partial charge on any atom is -0.308 e. The van der Waals surface area contributed by atoms with E-state index in [1.165, 1.54) is 11.1 Å². The number of para-hydroxylation sites is 1. The van der Waals surface area contributed by atoms with Crippen LogP contribution in [0.25, 0.3) is 5.69 Å². The van der Waals surface area contributed by atoms with Gasteiger partial charge in [-0.05, 0) is 31.5 Å². The first kappa shape index (κ1) is 14.5. The molecule has 3 rings (SSSR count). The van der Waals surface area contributed by atoms with Crippen LogP contribution in [0.3, 0.4) is 0 Å². The van der Waals surface area contributed by atoms with E-state index in [2.05, 4.69) is 41.8 Å². The van der Waals surface area contributed by atoms with Crippen LogP contribution >= 0.6 is 0 Å². The first-order chi connectivity index (χ1) is 10.7. The summed E-state index contributed by atoms with van der Waals surface area (Å²) >= 11 is 0. The highest BCUT2D eigenvalue weighted by Gasteiger charge is 2.05. The van der Waals surface area contributed by atoms with E-state index in [9.17, 15) is 0 Å². The van der Waals surface area contributed by atoms with Gasteiger partial charge in [0.25, 0.3) is 0 Å². The molecule has 1 atom stereocenters. The molecule has 0 unspecified atom stereocenters. The molecule has 22 heavy (non-hydrogen) atoms. The zero-order valence-corrected chi connectivity index (χ0v) is 13.0. The van der Waals surface area contributed by atoms with Crippen molar-refractivity contribution in [2.24, 2.45) is 0 Å². The summed E-state index contributed by atoms with van der Waals surface area (Å²) in [6, 6.07) is 10.5. The van der Waals surface area contributed by atoms with Gasteiger partial charge in [-0.15, -0.1) is 0 Å². The van der Waals surface area contributed by atoms with Crippen LogP contribution in [0.15, 0.2) is 55.1 Å². The van der Waals surface area contributed by atoms with Crippen molar-refractivity contribution in [3.63, 3.8) is 0 Å². The Hall–Kier alpha value is -2.40. The van der Waals surface area contributed by atoms with E-state index in [1.54, 1.807) is 0 Å². The molecule has 0 amide bonds. The third-order valence-electron chi connectivity index (χ3n) is 3.53. The number of nitrogens with one attached hydrogen (secondary N) is 1. The Morgan fingerprint density at radius 2 is 1.91 bits per heavy atom. The van der Waals surface area contributed by atoms with E-state index in [4.69, 9.17) is 0 Å². The van der Waals surface area contributed by atoms with Crippen molar-refractivity contribution in [2.75, 3.05) is 0 Å². The van der Waals surface area contributed by atoms with Crippen LogP contribution in [0.2, 0.25) is 0 Å². The highest BCUT2D eigenvalue weighted by atomic mass is 15.3. The first-order valence-electron chi connectivity index (χ1n) is 7.52. The van der Waals surface area contributed by atoms with Gasteiger partial charge in [0.15, 0.2) is 0 Å². The summed E-state index contributed by atoms with van der Waals surface area (Å²) in [5, 5.41) is 12.2. The van der Waals surface area contributed by atoms with Gasteiger partial charge in [0.2, 0.25) is 0 Å². The second-order valence-corrected chi connectivity index (χ2v) is 5.65. The Bertz CT molecular complexity index is 713. The molecule has 0 radical (unpaired) electrons. The third kappa shape index (κ3) is 3.62. The van der Waals surface area contributed by atoms with Gasteiger partial charge in [0, 0.05) is 30.5 Å². The lowest BCUT2D eigenvalue weighted by atomic mass is 10.3. The summed E-state index contributed by atoms with van der Waals surface area (Å²) in [5.41, 5.74) is 3.44. The van der Waals surface area contributed by atoms with Crippen LogP contribution in [0, 0.1) is 6.92 Å². The number of benzene rings is 1. The van der Waals surface area contributed by atoms with Crippen LogP contribution < -0.4 is 5.32 Å². The lowest BCUT2D eigenvalue weighted by Gasteiger charge is -2.13. The second kappa shape index (κ2) is 6.58. The zero-order valence-electron chi connectivity index (χ0n) is 13.0.